The van der Waals surface area contributed by atoms with Crippen molar-refractivity contribution in [3.05, 3.63) is 54.2 Å². The molecule has 178 valence electrons. The average molecular weight is 453 g/mol. The number of piperidine rings is 1. The minimum Gasteiger partial charge on any atom is -0.480 e. The van der Waals surface area contributed by atoms with Crippen LogP contribution in [-0.4, -0.2) is 47.6 Å². The summed E-state index contributed by atoms with van der Waals surface area (Å²) in [7, 11) is 0. The third kappa shape index (κ3) is 6.94. The lowest BCUT2D eigenvalue weighted by atomic mass is 9.88. The number of carboxylic acid groups (broad SMARTS) is 1. The lowest BCUT2D eigenvalue weighted by Gasteiger charge is -2.34. The summed E-state index contributed by atoms with van der Waals surface area (Å²) in [6.07, 6.45) is 4.94. The number of carbonyl (C=O) groups is 2. The van der Waals surface area contributed by atoms with E-state index in [1.807, 2.05) is 51.1 Å². The molecule has 1 aliphatic rings. The highest BCUT2D eigenvalue weighted by Crippen LogP contribution is 2.25. The Bertz CT molecular complexity index is 907. The first-order valence-electron chi connectivity index (χ1n) is 11.8. The molecule has 1 amide bonds. The summed E-state index contributed by atoms with van der Waals surface area (Å²) in [4.78, 5) is 30.8. The summed E-state index contributed by atoms with van der Waals surface area (Å²) in [5.74, 6) is 0.301. The molecule has 0 aliphatic carbocycles. The Kier molecular flexibility index (Phi) is 8.31. The van der Waals surface area contributed by atoms with Crippen molar-refractivity contribution in [3.8, 4) is 0 Å². The van der Waals surface area contributed by atoms with Crippen molar-refractivity contribution in [1.29, 1.82) is 0 Å². The van der Waals surface area contributed by atoms with Gasteiger partial charge < -0.3 is 20.6 Å². The monoisotopic (exact) mass is 452 g/mol. The maximum atomic E-state index is 12.4. The number of nitrogens with zero attached hydrogens (tertiary/aromatic N) is 2. The van der Waals surface area contributed by atoms with Gasteiger partial charge in [0.1, 0.15) is 11.9 Å². The number of pyridine rings is 1. The molecule has 3 rings (SSSR count). The quantitative estimate of drug-likeness (QED) is 0.505. The highest BCUT2D eigenvalue weighted by Gasteiger charge is 2.30. The van der Waals surface area contributed by atoms with E-state index in [4.69, 9.17) is 0 Å². The van der Waals surface area contributed by atoms with Crippen LogP contribution in [0.1, 0.15) is 45.6 Å². The van der Waals surface area contributed by atoms with Gasteiger partial charge in [0.05, 0.1) is 0 Å². The number of carboxylic acids is 1. The van der Waals surface area contributed by atoms with Gasteiger partial charge in [0, 0.05) is 43.4 Å². The Morgan fingerprint density at radius 1 is 1.15 bits per heavy atom. The van der Waals surface area contributed by atoms with Crippen LogP contribution in [0.25, 0.3) is 0 Å². The fraction of sp³-hybridized carbons (Fsp3) is 0.500. The van der Waals surface area contributed by atoms with Gasteiger partial charge in [-0.1, -0.05) is 39.0 Å². The molecule has 0 saturated carbocycles. The molecule has 1 atom stereocenters. The van der Waals surface area contributed by atoms with Gasteiger partial charge in [-0.25, -0.2) is 9.78 Å². The summed E-state index contributed by atoms with van der Waals surface area (Å²) in [5.41, 5.74) is 1.46. The number of hydrogen-bond acceptors (Lipinski definition) is 5. The summed E-state index contributed by atoms with van der Waals surface area (Å²) in [6, 6.07) is 13.0. The minimum atomic E-state index is -1.01. The van der Waals surface area contributed by atoms with E-state index in [0.29, 0.717) is 12.3 Å². The van der Waals surface area contributed by atoms with Crippen molar-refractivity contribution >= 4 is 23.4 Å². The molecule has 1 aromatic heterocycles. The first kappa shape index (κ1) is 24.6. The second kappa shape index (κ2) is 11.2. The van der Waals surface area contributed by atoms with E-state index in [2.05, 4.69) is 32.7 Å². The number of hydrogen-bond donors (Lipinski definition) is 3. The van der Waals surface area contributed by atoms with Gasteiger partial charge in [-0.05, 0) is 55.0 Å². The molecule has 1 unspecified atom stereocenters. The lowest BCUT2D eigenvalue weighted by molar-refractivity contribution is -0.143. The van der Waals surface area contributed by atoms with Crippen molar-refractivity contribution in [1.82, 2.24) is 10.3 Å². The van der Waals surface area contributed by atoms with E-state index in [0.717, 1.165) is 49.5 Å². The van der Waals surface area contributed by atoms with Crippen LogP contribution in [-0.2, 0) is 16.0 Å². The first-order valence-corrected chi connectivity index (χ1v) is 11.8. The number of aromatic nitrogens is 1. The zero-order valence-corrected chi connectivity index (χ0v) is 19.9. The summed E-state index contributed by atoms with van der Waals surface area (Å²) < 4.78 is 0. The highest BCUT2D eigenvalue weighted by molar-refractivity contribution is 5.87. The van der Waals surface area contributed by atoms with Crippen LogP contribution < -0.4 is 15.5 Å². The van der Waals surface area contributed by atoms with Gasteiger partial charge in [0.15, 0.2) is 0 Å². The molecule has 2 aromatic rings. The fourth-order valence-electron chi connectivity index (χ4n) is 3.90. The number of carbonyl (C=O) groups excluding carboxylic acids is 1. The molecule has 1 aromatic carbocycles. The molecule has 3 N–H and O–H groups in total. The lowest BCUT2D eigenvalue weighted by Crippen LogP contribution is -2.47. The van der Waals surface area contributed by atoms with Gasteiger partial charge in [-0.2, -0.15) is 0 Å². The number of amides is 1. The maximum absolute atomic E-state index is 12.4. The SMILES string of the molecule is CCC(C)(C)C(=O)NC(Cc1ccc(N2CCC(CNc3ccccn3)CC2)cc1)C(=O)O. The van der Waals surface area contributed by atoms with Crippen LogP contribution in [0, 0.1) is 11.3 Å². The minimum absolute atomic E-state index is 0.227. The zero-order chi connectivity index (χ0) is 23.8. The topological polar surface area (TPSA) is 94.6 Å². The third-order valence-electron chi connectivity index (χ3n) is 6.69. The molecule has 0 radical (unpaired) electrons. The molecular formula is C26H36N4O3. The van der Waals surface area contributed by atoms with Gasteiger partial charge in [-0.3, -0.25) is 4.79 Å². The Morgan fingerprint density at radius 2 is 1.85 bits per heavy atom. The highest BCUT2D eigenvalue weighted by atomic mass is 16.4. The molecule has 1 aliphatic heterocycles. The predicted octanol–water partition coefficient (Wildman–Crippen LogP) is 3.96. The predicted molar refractivity (Wildman–Crippen MR) is 131 cm³/mol. The van der Waals surface area contributed by atoms with E-state index in [1.165, 1.54) is 0 Å². The second-order valence-corrected chi connectivity index (χ2v) is 9.50. The third-order valence-corrected chi connectivity index (χ3v) is 6.69. The van der Waals surface area contributed by atoms with Gasteiger partial charge >= 0.3 is 5.97 Å². The molecule has 7 heteroatoms. The Balaban J connectivity index is 1.50. The molecule has 7 nitrogen and oxygen atoms in total. The van der Waals surface area contributed by atoms with Gasteiger partial charge in [-0.15, -0.1) is 0 Å². The number of rotatable bonds is 10. The summed E-state index contributed by atoms with van der Waals surface area (Å²) in [6.45, 7) is 8.50. The van der Waals surface area contributed by atoms with Crippen LogP contribution in [0.3, 0.4) is 0 Å². The number of nitrogens with one attached hydrogen (secondary N) is 2. The van der Waals surface area contributed by atoms with Crippen molar-refractivity contribution in [2.75, 3.05) is 29.9 Å². The van der Waals surface area contributed by atoms with Crippen LogP contribution >= 0.6 is 0 Å². The molecule has 0 spiro atoms. The summed E-state index contributed by atoms with van der Waals surface area (Å²) >= 11 is 0. The van der Waals surface area contributed by atoms with Crippen LogP contribution in [0.15, 0.2) is 48.7 Å². The first-order chi connectivity index (χ1) is 15.8. The van der Waals surface area contributed by atoms with Crippen molar-refractivity contribution < 1.29 is 14.7 Å². The van der Waals surface area contributed by atoms with E-state index < -0.39 is 17.4 Å². The van der Waals surface area contributed by atoms with Crippen molar-refractivity contribution in [3.63, 3.8) is 0 Å². The molecule has 33 heavy (non-hydrogen) atoms. The molecule has 1 saturated heterocycles. The van der Waals surface area contributed by atoms with Crippen LogP contribution in [0.5, 0.6) is 0 Å². The van der Waals surface area contributed by atoms with E-state index >= 15 is 0 Å². The Labute approximate surface area is 196 Å². The standard InChI is InChI=1S/C26H36N4O3/c1-4-26(2,3)25(33)29-22(24(31)32)17-19-8-10-21(11-9-19)30-15-12-20(13-16-30)18-28-23-7-5-6-14-27-23/h5-11,14,20,22H,4,12-13,15-18H2,1-3H3,(H,27,28)(H,29,33)(H,31,32). The van der Waals surface area contributed by atoms with Crippen LogP contribution in [0.2, 0.25) is 0 Å². The molecule has 1 fully saturated rings. The molecular weight excluding hydrogens is 416 g/mol. The second-order valence-electron chi connectivity index (χ2n) is 9.50. The Morgan fingerprint density at radius 3 is 2.42 bits per heavy atom. The van der Waals surface area contributed by atoms with Gasteiger partial charge in [0.25, 0.3) is 0 Å². The Hall–Kier alpha value is -3.09. The number of anilines is 2. The van der Waals surface area contributed by atoms with Gasteiger partial charge in [0.2, 0.25) is 5.91 Å². The van der Waals surface area contributed by atoms with E-state index in [-0.39, 0.29) is 12.3 Å². The van der Waals surface area contributed by atoms with Crippen LogP contribution in [0.4, 0.5) is 11.5 Å². The zero-order valence-electron chi connectivity index (χ0n) is 19.9. The molecule has 2 heterocycles. The fourth-order valence-corrected chi connectivity index (χ4v) is 3.90. The largest absolute Gasteiger partial charge is 0.480 e. The normalized spacial score (nSPS) is 15.7. The smallest absolute Gasteiger partial charge is 0.326 e. The van der Waals surface area contributed by atoms with E-state index in [9.17, 15) is 14.7 Å². The summed E-state index contributed by atoms with van der Waals surface area (Å²) in [5, 5.41) is 15.7. The molecule has 0 bridgehead atoms. The van der Waals surface area contributed by atoms with Crippen molar-refractivity contribution in [2.45, 2.75) is 52.5 Å². The van der Waals surface area contributed by atoms with E-state index in [1.54, 1.807) is 6.20 Å². The maximum Gasteiger partial charge on any atom is 0.326 e. The number of benzene rings is 1. The van der Waals surface area contributed by atoms with Crippen molar-refractivity contribution in [2.24, 2.45) is 11.3 Å². The average Bonchev–Trinajstić information content (AvgIpc) is 2.83. The number of aliphatic carboxylic acids is 1.